The Morgan fingerprint density at radius 1 is 1.39 bits per heavy atom. The van der Waals surface area contributed by atoms with E-state index in [1.165, 1.54) is 0 Å². The van der Waals surface area contributed by atoms with E-state index in [0.717, 1.165) is 19.3 Å². The van der Waals surface area contributed by atoms with Crippen LogP contribution in [0.5, 0.6) is 0 Å². The third-order valence-corrected chi connectivity index (χ3v) is 5.66. The van der Waals surface area contributed by atoms with Gasteiger partial charge in [0.15, 0.2) is 0 Å². The van der Waals surface area contributed by atoms with E-state index in [2.05, 4.69) is 0 Å². The number of rotatable bonds is 3. The number of halogens is 1. The van der Waals surface area contributed by atoms with Gasteiger partial charge >= 0.3 is 0 Å². The van der Waals surface area contributed by atoms with Gasteiger partial charge in [-0.25, -0.2) is 12.7 Å². The average Bonchev–Trinajstić information content (AvgIpc) is 2.73. The Morgan fingerprint density at radius 3 is 2.67 bits per heavy atom. The van der Waals surface area contributed by atoms with Crippen LogP contribution >= 0.6 is 12.4 Å². The van der Waals surface area contributed by atoms with Crippen LogP contribution in [0.1, 0.15) is 26.2 Å². The van der Waals surface area contributed by atoms with Crippen LogP contribution in [-0.4, -0.2) is 50.3 Å². The second-order valence-electron chi connectivity index (χ2n) is 5.20. The molecule has 0 aromatic carbocycles. The van der Waals surface area contributed by atoms with Gasteiger partial charge in [-0.05, 0) is 25.2 Å². The zero-order chi connectivity index (χ0) is 12.5. The summed E-state index contributed by atoms with van der Waals surface area (Å²) >= 11 is 0. The van der Waals surface area contributed by atoms with Crippen LogP contribution in [-0.2, 0) is 14.8 Å². The summed E-state index contributed by atoms with van der Waals surface area (Å²) in [4.78, 5) is 0. The third kappa shape index (κ3) is 3.81. The van der Waals surface area contributed by atoms with Gasteiger partial charge in [-0.15, -0.1) is 12.4 Å². The quantitative estimate of drug-likeness (QED) is 0.827. The second kappa shape index (κ2) is 6.52. The van der Waals surface area contributed by atoms with Crippen LogP contribution in [0.4, 0.5) is 0 Å². The molecule has 5 nitrogen and oxygen atoms in total. The standard InChI is InChI=1S/C11H22N2O3S.ClH/c1-9-7-13(5-4-11(9)12)17(14,15)8-10-3-2-6-16-10;/h9-11H,2-8,12H2,1H3;1H. The summed E-state index contributed by atoms with van der Waals surface area (Å²) in [6.45, 7) is 3.82. The van der Waals surface area contributed by atoms with Crippen LogP contribution in [0, 0.1) is 5.92 Å². The summed E-state index contributed by atoms with van der Waals surface area (Å²) in [5, 5.41) is 0. The first-order chi connectivity index (χ1) is 7.99. The summed E-state index contributed by atoms with van der Waals surface area (Å²) in [5.41, 5.74) is 5.90. The number of piperidine rings is 1. The largest absolute Gasteiger partial charge is 0.377 e. The highest BCUT2D eigenvalue weighted by atomic mass is 35.5. The number of sulfonamides is 1. The second-order valence-corrected chi connectivity index (χ2v) is 7.21. The van der Waals surface area contributed by atoms with E-state index in [-0.39, 0.29) is 36.2 Å². The maximum absolute atomic E-state index is 12.2. The number of nitrogens with two attached hydrogens (primary N) is 1. The molecule has 0 saturated carbocycles. The molecule has 0 aromatic heterocycles. The van der Waals surface area contributed by atoms with E-state index in [1.54, 1.807) is 4.31 Å². The third-order valence-electron chi connectivity index (χ3n) is 3.75. The Bertz CT molecular complexity index is 357. The number of hydrogen-bond donors (Lipinski definition) is 1. The van der Waals surface area contributed by atoms with Crippen molar-refractivity contribution in [1.82, 2.24) is 4.31 Å². The van der Waals surface area contributed by atoms with Crippen molar-refractivity contribution >= 4 is 22.4 Å². The molecular formula is C11H23ClN2O3S. The van der Waals surface area contributed by atoms with E-state index in [9.17, 15) is 8.42 Å². The smallest absolute Gasteiger partial charge is 0.216 e. The molecule has 2 aliphatic rings. The van der Waals surface area contributed by atoms with Crippen molar-refractivity contribution in [2.45, 2.75) is 38.3 Å². The first-order valence-corrected chi connectivity index (χ1v) is 7.95. The highest BCUT2D eigenvalue weighted by molar-refractivity contribution is 7.89. The van der Waals surface area contributed by atoms with E-state index >= 15 is 0 Å². The molecule has 2 N–H and O–H groups in total. The predicted molar refractivity (Wildman–Crippen MR) is 73.3 cm³/mol. The molecule has 0 amide bonds. The Labute approximate surface area is 116 Å². The molecular weight excluding hydrogens is 276 g/mol. The van der Waals surface area contributed by atoms with Gasteiger partial charge in [0.25, 0.3) is 0 Å². The molecule has 2 saturated heterocycles. The van der Waals surface area contributed by atoms with Crippen molar-refractivity contribution in [2.75, 3.05) is 25.4 Å². The van der Waals surface area contributed by atoms with E-state index < -0.39 is 10.0 Å². The summed E-state index contributed by atoms with van der Waals surface area (Å²) in [6.07, 6.45) is 2.49. The Hall–Kier alpha value is 0.120. The zero-order valence-corrected chi connectivity index (χ0v) is 12.4. The maximum Gasteiger partial charge on any atom is 0.216 e. The van der Waals surface area contributed by atoms with Gasteiger partial charge < -0.3 is 10.5 Å². The van der Waals surface area contributed by atoms with Crippen molar-refractivity contribution in [3.05, 3.63) is 0 Å². The normalized spacial score (nSPS) is 34.2. The first kappa shape index (κ1) is 16.2. The fourth-order valence-corrected chi connectivity index (χ4v) is 4.28. The van der Waals surface area contributed by atoms with Gasteiger partial charge in [0.05, 0.1) is 11.9 Å². The molecule has 2 rings (SSSR count). The summed E-state index contributed by atoms with van der Waals surface area (Å²) < 4.78 is 31.4. The molecule has 0 aromatic rings. The van der Waals surface area contributed by atoms with Crippen LogP contribution in [0.25, 0.3) is 0 Å². The molecule has 2 fully saturated rings. The predicted octanol–water partition coefficient (Wildman–Crippen LogP) is 0.586. The van der Waals surface area contributed by atoms with Gasteiger partial charge in [0.1, 0.15) is 0 Å². The van der Waals surface area contributed by atoms with Crippen LogP contribution < -0.4 is 5.73 Å². The molecule has 2 aliphatic heterocycles. The number of ether oxygens (including phenoxy) is 1. The van der Waals surface area contributed by atoms with Crippen LogP contribution in [0.2, 0.25) is 0 Å². The van der Waals surface area contributed by atoms with Crippen molar-refractivity contribution in [2.24, 2.45) is 11.7 Å². The van der Waals surface area contributed by atoms with Crippen molar-refractivity contribution < 1.29 is 13.2 Å². The molecule has 0 radical (unpaired) electrons. The molecule has 0 bridgehead atoms. The summed E-state index contributed by atoms with van der Waals surface area (Å²) in [7, 11) is -3.17. The van der Waals surface area contributed by atoms with Crippen molar-refractivity contribution in [3.63, 3.8) is 0 Å². The van der Waals surface area contributed by atoms with E-state index in [4.69, 9.17) is 10.5 Å². The van der Waals surface area contributed by atoms with Crippen LogP contribution in [0.15, 0.2) is 0 Å². The lowest BCUT2D eigenvalue weighted by molar-refractivity contribution is 0.125. The lowest BCUT2D eigenvalue weighted by Crippen LogP contribution is -2.49. The summed E-state index contributed by atoms with van der Waals surface area (Å²) in [6, 6.07) is 0.129. The Morgan fingerprint density at radius 2 is 2.11 bits per heavy atom. The van der Waals surface area contributed by atoms with Crippen molar-refractivity contribution in [1.29, 1.82) is 0 Å². The molecule has 7 heteroatoms. The van der Waals surface area contributed by atoms with Crippen LogP contribution in [0.3, 0.4) is 0 Å². The minimum atomic E-state index is -3.17. The van der Waals surface area contributed by atoms with Gasteiger partial charge in [-0.2, -0.15) is 0 Å². The molecule has 18 heavy (non-hydrogen) atoms. The highest BCUT2D eigenvalue weighted by Crippen LogP contribution is 2.21. The monoisotopic (exact) mass is 298 g/mol. The minimum Gasteiger partial charge on any atom is -0.377 e. The van der Waals surface area contributed by atoms with Crippen molar-refractivity contribution in [3.8, 4) is 0 Å². The SMILES string of the molecule is CC1CN(S(=O)(=O)CC2CCCO2)CCC1N.Cl. The zero-order valence-electron chi connectivity index (χ0n) is 10.7. The molecule has 0 aliphatic carbocycles. The minimum absolute atomic E-state index is 0. The topological polar surface area (TPSA) is 72.6 Å². The molecule has 3 atom stereocenters. The number of nitrogens with zero attached hydrogens (tertiary/aromatic N) is 1. The average molecular weight is 299 g/mol. The van der Waals surface area contributed by atoms with Gasteiger partial charge in [0, 0.05) is 25.7 Å². The van der Waals surface area contributed by atoms with E-state index in [1.807, 2.05) is 6.92 Å². The lowest BCUT2D eigenvalue weighted by atomic mass is 9.96. The van der Waals surface area contributed by atoms with Gasteiger partial charge in [-0.3, -0.25) is 0 Å². The van der Waals surface area contributed by atoms with Gasteiger partial charge in [0.2, 0.25) is 10.0 Å². The summed E-state index contributed by atoms with van der Waals surface area (Å²) in [5.74, 6) is 0.373. The fraction of sp³-hybridized carbons (Fsp3) is 1.00. The number of hydrogen-bond acceptors (Lipinski definition) is 4. The first-order valence-electron chi connectivity index (χ1n) is 6.34. The lowest BCUT2D eigenvalue weighted by Gasteiger charge is -2.34. The van der Waals surface area contributed by atoms with Gasteiger partial charge in [-0.1, -0.05) is 6.92 Å². The highest BCUT2D eigenvalue weighted by Gasteiger charge is 2.33. The Balaban J connectivity index is 0.00000162. The van der Waals surface area contributed by atoms with E-state index in [0.29, 0.717) is 19.7 Å². The molecule has 0 spiro atoms. The molecule has 3 unspecified atom stereocenters. The molecule has 2 heterocycles. The molecule has 108 valence electrons. The fourth-order valence-electron chi connectivity index (χ4n) is 2.49. The maximum atomic E-state index is 12.2. The Kier molecular flexibility index (Phi) is 5.86.